The van der Waals surface area contributed by atoms with Crippen molar-refractivity contribution in [2.45, 2.75) is 18.4 Å². The molecule has 1 fully saturated rings. The Kier molecular flexibility index (Phi) is 3.61. The first-order chi connectivity index (χ1) is 9.66. The molecular weight excluding hydrogens is 248 g/mol. The van der Waals surface area contributed by atoms with Gasteiger partial charge in [-0.1, -0.05) is 12.1 Å². The van der Waals surface area contributed by atoms with Crippen molar-refractivity contribution in [1.29, 1.82) is 0 Å². The van der Waals surface area contributed by atoms with E-state index >= 15 is 0 Å². The summed E-state index contributed by atoms with van der Waals surface area (Å²) in [6, 6.07) is 8.74. The van der Waals surface area contributed by atoms with Gasteiger partial charge >= 0.3 is 0 Å². The summed E-state index contributed by atoms with van der Waals surface area (Å²) in [5.41, 5.74) is 9.07. The number of hydrogen-bond donors (Lipinski definition) is 1. The molecule has 2 aliphatic heterocycles. The zero-order valence-electron chi connectivity index (χ0n) is 12.7. The summed E-state index contributed by atoms with van der Waals surface area (Å²) in [4.78, 5) is 7.36. The van der Waals surface area contributed by atoms with E-state index in [-0.39, 0.29) is 5.54 Å². The second kappa shape index (κ2) is 5.26. The number of nitrogens with two attached hydrogens (primary N) is 1. The highest BCUT2D eigenvalue weighted by atomic mass is 15.3. The van der Waals surface area contributed by atoms with Gasteiger partial charge in [0.05, 0.1) is 16.9 Å². The van der Waals surface area contributed by atoms with Crippen LogP contribution >= 0.6 is 0 Å². The molecule has 0 saturated carbocycles. The molecule has 110 valence electrons. The SMILES string of the molecule is CN1CCC(CN)(N2CCN(C)c3ccccc32)CC1. The first kappa shape index (κ1) is 13.7. The summed E-state index contributed by atoms with van der Waals surface area (Å²) in [6.45, 7) is 5.19. The number of para-hydroxylation sites is 2. The number of likely N-dealkylation sites (tertiary alicyclic amines) is 1. The Morgan fingerprint density at radius 2 is 1.65 bits per heavy atom. The zero-order chi connectivity index (χ0) is 14.2. The van der Waals surface area contributed by atoms with Gasteiger partial charge in [-0.25, -0.2) is 0 Å². The highest BCUT2D eigenvalue weighted by molar-refractivity contribution is 5.74. The Balaban J connectivity index is 1.95. The third kappa shape index (κ3) is 2.17. The van der Waals surface area contributed by atoms with Crippen LogP contribution in [0.3, 0.4) is 0 Å². The van der Waals surface area contributed by atoms with Crippen LogP contribution in [-0.4, -0.2) is 57.3 Å². The van der Waals surface area contributed by atoms with E-state index in [2.05, 4.69) is 53.1 Å². The maximum Gasteiger partial charge on any atom is 0.0609 e. The first-order valence-corrected chi connectivity index (χ1v) is 7.63. The molecule has 0 radical (unpaired) electrons. The standard InChI is InChI=1S/C16H26N4/c1-18-9-7-16(13-17,8-10-18)20-12-11-19(2)14-5-3-4-6-15(14)20/h3-6H,7-13,17H2,1-2H3. The van der Waals surface area contributed by atoms with Crippen molar-refractivity contribution in [2.75, 3.05) is 56.6 Å². The van der Waals surface area contributed by atoms with Gasteiger partial charge < -0.3 is 20.4 Å². The zero-order valence-corrected chi connectivity index (χ0v) is 12.7. The Bertz CT molecular complexity index is 465. The van der Waals surface area contributed by atoms with E-state index < -0.39 is 0 Å². The van der Waals surface area contributed by atoms with Crippen molar-refractivity contribution in [3.8, 4) is 0 Å². The molecule has 1 aromatic carbocycles. The number of anilines is 2. The van der Waals surface area contributed by atoms with Crippen LogP contribution in [0.25, 0.3) is 0 Å². The average molecular weight is 274 g/mol. The molecule has 0 amide bonds. The lowest BCUT2D eigenvalue weighted by Crippen LogP contribution is -2.61. The fraction of sp³-hybridized carbons (Fsp3) is 0.625. The number of likely N-dealkylation sites (N-methyl/N-ethyl adjacent to an activating group) is 1. The van der Waals surface area contributed by atoms with E-state index in [1.165, 1.54) is 11.4 Å². The Labute approximate surface area is 122 Å². The summed E-state index contributed by atoms with van der Waals surface area (Å²) in [5, 5.41) is 0. The van der Waals surface area contributed by atoms with E-state index in [9.17, 15) is 0 Å². The van der Waals surface area contributed by atoms with Crippen molar-refractivity contribution >= 4 is 11.4 Å². The Morgan fingerprint density at radius 3 is 2.30 bits per heavy atom. The minimum absolute atomic E-state index is 0.143. The summed E-state index contributed by atoms with van der Waals surface area (Å²) < 4.78 is 0. The predicted octanol–water partition coefficient (Wildman–Crippen LogP) is 1.37. The van der Waals surface area contributed by atoms with Crippen LogP contribution in [0.2, 0.25) is 0 Å². The summed E-state index contributed by atoms with van der Waals surface area (Å²) in [5.74, 6) is 0. The molecule has 2 heterocycles. The molecule has 1 aromatic rings. The van der Waals surface area contributed by atoms with Crippen LogP contribution in [-0.2, 0) is 0 Å². The van der Waals surface area contributed by atoms with Gasteiger partial charge in [0.15, 0.2) is 0 Å². The first-order valence-electron chi connectivity index (χ1n) is 7.63. The lowest BCUT2D eigenvalue weighted by molar-refractivity contribution is 0.185. The van der Waals surface area contributed by atoms with E-state index in [1.807, 2.05) is 0 Å². The maximum atomic E-state index is 6.23. The van der Waals surface area contributed by atoms with Crippen molar-refractivity contribution in [3.63, 3.8) is 0 Å². The molecule has 0 bridgehead atoms. The van der Waals surface area contributed by atoms with Gasteiger partial charge in [0, 0.05) is 39.8 Å². The van der Waals surface area contributed by atoms with Crippen molar-refractivity contribution < 1.29 is 0 Å². The molecule has 2 N–H and O–H groups in total. The lowest BCUT2D eigenvalue weighted by atomic mass is 9.84. The van der Waals surface area contributed by atoms with Crippen LogP contribution < -0.4 is 15.5 Å². The molecule has 4 heteroatoms. The second-order valence-corrected chi connectivity index (χ2v) is 6.29. The van der Waals surface area contributed by atoms with Crippen LogP contribution in [0.1, 0.15) is 12.8 Å². The quantitative estimate of drug-likeness (QED) is 0.883. The molecule has 0 atom stereocenters. The van der Waals surface area contributed by atoms with Gasteiger partial charge in [-0.15, -0.1) is 0 Å². The van der Waals surface area contributed by atoms with E-state index in [0.29, 0.717) is 0 Å². The molecule has 4 nitrogen and oxygen atoms in total. The molecule has 0 aromatic heterocycles. The van der Waals surface area contributed by atoms with Gasteiger partial charge in [0.1, 0.15) is 0 Å². The molecule has 20 heavy (non-hydrogen) atoms. The number of rotatable bonds is 2. The normalized spacial score (nSPS) is 22.8. The molecule has 0 aliphatic carbocycles. The number of fused-ring (bicyclic) bond motifs is 1. The topological polar surface area (TPSA) is 35.7 Å². The third-order valence-corrected chi connectivity index (χ3v) is 5.11. The van der Waals surface area contributed by atoms with Crippen LogP contribution in [0, 0.1) is 0 Å². The summed E-state index contributed by atoms with van der Waals surface area (Å²) >= 11 is 0. The van der Waals surface area contributed by atoms with Gasteiger partial charge in [-0.3, -0.25) is 0 Å². The smallest absolute Gasteiger partial charge is 0.0609 e. The van der Waals surface area contributed by atoms with E-state index in [1.54, 1.807) is 0 Å². The van der Waals surface area contributed by atoms with Gasteiger partial charge in [-0.2, -0.15) is 0 Å². The fourth-order valence-corrected chi connectivity index (χ4v) is 3.62. The third-order valence-electron chi connectivity index (χ3n) is 5.11. The molecule has 0 spiro atoms. The lowest BCUT2D eigenvalue weighted by Gasteiger charge is -2.52. The molecular formula is C16H26N4. The van der Waals surface area contributed by atoms with Crippen LogP contribution in [0.5, 0.6) is 0 Å². The van der Waals surface area contributed by atoms with Gasteiger partial charge in [-0.05, 0) is 32.0 Å². The maximum absolute atomic E-state index is 6.23. The van der Waals surface area contributed by atoms with Gasteiger partial charge in [0.2, 0.25) is 0 Å². The highest BCUT2D eigenvalue weighted by Crippen LogP contribution is 2.39. The summed E-state index contributed by atoms with van der Waals surface area (Å²) in [7, 11) is 4.39. The van der Waals surface area contributed by atoms with Crippen molar-refractivity contribution in [3.05, 3.63) is 24.3 Å². The Hall–Kier alpha value is -1.26. The van der Waals surface area contributed by atoms with E-state index in [4.69, 9.17) is 5.73 Å². The largest absolute Gasteiger partial charge is 0.371 e. The summed E-state index contributed by atoms with van der Waals surface area (Å²) in [6.07, 6.45) is 2.33. The number of hydrogen-bond acceptors (Lipinski definition) is 4. The predicted molar refractivity (Wildman–Crippen MR) is 85.6 cm³/mol. The number of nitrogens with zero attached hydrogens (tertiary/aromatic N) is 3. The Morgan fingerprint density at radius 1 is 1.00 bits per heavy atom. The number of benzene rings is 1. The molecule has 0 unspecified atom stereocenters. The van der Waals surface area contributed by atoms with Crippen LogP contribution in [0.4, 0.5) is 11.4 Å². The van der Waals surface area contributed by atoms with Crippen molar-refractivity contribution in [2.24, 2.45) is 5.73 Å². The highest BCUT2D eigenvalue weighted by Gasteiger charge is 2.40. The second-order valence-electron chi connectivity index (χ2n) is 6.29. The van der Waals surface area contributed by atoms with Gasteiger partial charge in [0.25, 0.3) is 0 Å². The monoisotopic (exact) mass is 274 g/mol. The number of piperidine rings is 1. The minimum Gasteiger partial charge on any atom is -0.371 e. The molecule has 3 rings (SSSR count). The average Bonchev–Trinajstić information content (AvgIpc) is 2.50. The van der Waals surface area contributed by atoms with E-state index in [0.717, 1.165) is 45.6 Å². The van der Waals surface area contributed by atoms with Crippen LogP contribution in [0.15, 0.2) is 24.3 Å². The molecule has 2 aliphatic rings. The van der Waals surface area contributed by atoms with Crippen molar-refractivity contribution in [1.82, 2.24) is 4.90 Å². The minimum atomic E-state index is 0.143. The molecule has 1 saturated heterocycles. The fourth-order valence-electron chi connectivity index (χ4n) is 3.62.